The number of aryl methyl sites for hydroxylation is 1. The predicted octanol–water partition coefficient (Wildman–Crippen LogP) is 2.90. The molecule has 0 bridgehead atoms. The molecule has 0 saturated heterocycles. The van der Waals surface area contributed by atoms with Crippen LogP contribution in [0.4, 0.5) is 5.69 Å². The summed E-state index contributed by atoms with van der Waals surface area (Å²) in [6.45, 7) is 2.33. The van der Waals surface area contributed by atoms with E-state index in [9.17, 15) is 4.79 Å². The molecule has 3 nitrogen and oxygen atoms in total. The molecule has 0 aliphatic rings. The zero-order valence-corrected chi connectivity index (χ0v) is 13.3. The van der Waals surface area contributed by atoms with Crippen molar-refractivity contribution in [2.75, 3.05) is 25.5 Å². The lowest BCUT2D eigenvalue weighted by atomic mass is 10.2. The fourth-order valence-electron chi connectivity index (χ4n) is 1.75. The van der Waals surface area contributed by atoms with Gasteiger partial charge in [-0.3, -0.25) is 4.79 Å². The third kappa shape index (κ3) is 4.37. The molecule has 21 heavy (non-hydrogen) atoms. The molecule has 2 aromatic rings. The average molecular weight is 298 g/mol. The molecule has 0 atom stereocenters. The first-order valence-corrected chi connectivity index (χ1v) is 7.54. The molecule has 4 heteroatoms. The van der Waals surface area contributed by atoms with Crippen LogP contribution in [0.1, 0.15) is 20.8 Å². The summed E-state index contributed by atoms with van der Waals surface area (Å²) in [7, 11) is 4.00. The molecule has 0 saturated carbocycles. The second-order valence-corrected chi connectivity index (χ2v) is 5.83. The van der Waals surface area contributed by atoms with Gasteiger partial charge in [0.1, 0.15) is 0 Å². The first-order valence-electron chi connectivity index (χ1n) is 6.66. The number of amides is 1. The monoisotopic (exact) mass is 298 g/mol. The van der Waals surface area contributed by atoms with Gasteiger partial charge < -0.3 is 10.2 Å². The van der Waals surface area contributed by atoms with E-state index < -0.39 is 0 Å². The highest BCUT2D eigenvalue weighted by Crippen LogP contribution is 2.13. The van der Waals surface area contributed by atoms with Crippen LogP contribution in [0, 0.1) is 18.8 Å². The summed E-state index contributed by atoms with van der Waals surface area (Å²) in [4.78, 5) is 14.6. The van der Waals surface area contributed by atoms with Gasteiger partial charge in [0.05, 0.1) is 11.4 Å². The van der Waals surface area contributed by atoms with E-state index in [1.807, 2.05) is 61.6 Å². The molecule has 108 valence electrons. The Hall–Kier alpha value is -2.25. The second kappa shape index (κ2) is 6.96. The summed E-state index contributed by atoms with van der Waals surface area (Å²) in [5, 5.41) is 4.77. The maximum atomic E-state index is 11.8. The fourth-order valence-corrected chi connectivity index (χ4v) is 2.57. The number of anilines is 1. The highest BCUT2D eigenvalue weighted by molar-refractivity contribution is 7.12. The van der Waals surface area contributed by atoms with Crippen LogP contribution < -0.4 is 10.2 Å². The van der Waals surface area contributed by atoms with Gasteiger partial charge in [0.2, 0.25) is 0 Å². The largest absolute Gasteiger partial charge is 0.378 e. The molecule has 1 aromatic carbocycles. The van der Waals surface area contributed by atoms with Crippen LogP contribution in [0.25, 0.3) is 0 Å². The van der Waals surface area contributed by atoms with E-state index in [2.05, 4.69) is 17.2 Å². The number of thiophene rings is 1. The van der Waals surface area contributed by atoms with Crippen LogP contribution >= 0.6 is 11.3 Å². The fraction of sp³-hybridized carbons (Fsp3) is 0.235. The normalized spacial score (nSPS) is 9.67. The predicted molar refractivity (Wildman–Crippen MR) is 89.0 cm³/mol. The minimum Gasteiger partial charge on any atom is -0.378 e. The summed E-state index contributed by atoms with van der Waals surface area (Å²) >= 11 is 1.45. The summed E-state index contributed by atoms with van der Waals surface area (Å²) < 4.78 is 0. The molecule has 2 rings (SSSR count). The van der Waals surface area contributed by atoms with Crippen LogP contribution in [0.2, 0.25) is 0 Å². The molecule has 0 aliphatic carbocycles. The Balaban J connectivity index is 1.87. The zero-order chi connectivity index (χ0) is 15.2. The van der Waals surface area contributed by atoms with Gasteiger partial charge in [-0.15, -0.1) is 11.3 Å². The molecule has 0 fully saturated rings. The topological polar surface area (TPSA) is 32.3 Å². The van der Waals surface area contributed by atoms with E-state index in [0.717, 1.165) is 21.7 Å². The van der Waals surface area contributed by atoms with Gasteiger partial charge in [-0.1, -0.05) is 11.8 Å². The molecule has 0 radical (unpaired) electrons. The lowest BCUT2D eigenvalue weighted by Crippen LogP contribution is -2.22. The molecular weight excluding hydrogens is 280 g/mol. The van der Waals surface area contributed by atoms with Crippen molar-refractivity contribution in [1.29, 1.82) is 0 Å². The van der Waals surface area contributed by atoms with Gasteiger partial charge in [0.25, 0.3) is 5.91 Å². The number of carbonyl (C=O) groups is 1. The Morgan fingerprint density at radius 2 is 2.00 bits per heavy atom. The van der Waals surface area contributed by atoms with Crippen LogP contribution in [-0.4, -0.2) is 26.5 Å². The van der Waals surface area contributed by atoms with Crippen LogP contribution in [-0.2, 0) is 0 Å². The van der Waals surface area contributed by atoms with E-state index in [4.69, 9.17) is 0 Å². The van der Waals surface area contributed by atoms with Crippen LogP contribution in [0.3, 0.4) is 0 Å². The van der Waals surface area contributed by atoms with Crippen molar-refractivity contribution in [2.24, 2.45) is 0 Å². The van der Waals surface area contributed by atoms with Crippen molar-refractivity contribution in [3.05, 3.63) is 51.7 Å². The van der Waals surface area contributed by atoms with E-state index in [1.165, 1.54) is 11.3 Å². The van der Waals surface area contributed by atoms with Gasteiger partial charge in [-0.25, -0.2) is 0 Å². The third-order valence-electron chi connectivity index (χ3n) is 2.91. The minimum absolute atomic E-state index is 0.0645. The third-order valence-corrected chi connectivity index (χ3v) is 3.95. The first-order chi connectivity index (χ1) is 10.1. The number of rotatable bonds is 3. The molecule has 1 amide bonds. The smallest absolute Gasteiger partial charge is 0.262 e. The quantitative estimate of drug-likeness (QED) is 0.884. The van der Waals surface area contributed by atoms with E-state index in [-0.39, 0.29) is 5.91 Å². The Morgan fingerprint density at radius 1 is 1.29 bits per heavy atom. The van der Waals surface area contributed by atoms with Crippen molar-refractivity contribution < 1.29 is 4.79 Å². The first kappa shape index (κ1) is 15.1. The van der Waals surface area contributed by atoms with Gasteiger partial charge in [-0.2, -0.15) is 0 Å². The maximum absolute atomic E-state index is 11.8. The van der Waals surface area contributed by atoms with E-state index >= 15 is 0 Å². The van der Waals surface area contributed by atoms with Crippen molar-refractivity contribution in [3.63, 3.8) is 0 Å². The summed E-state index contributed by atoms with van der Waals surface area (Å²) in [6, 6.07) is 9.89. The highest BCUT2D eigenvalue weighted by Gasteiger charge is 2.05. The van der Waals surface area contributed by atoms with Crippen molar-refractivity contribution >= 4 is 22.9 Å². The summed E-state index contributed by atoms with van der Waals surface area (Å²) in [5.74, 6) is 5.95. The molecule has 1 heterocycles. The number of nitrogens with one attached hydrogen (secondary N) is 1. The molecule has 1 aromatic heterocycles. The molecule has 0 unspecified atom stereocenters. The maximum Gasteiger partial charge on any atom is 0.262 e. The number of nitrogens with zero attached hydrogens (tertiary/aromatic N) is 1. The Labute approximate surface area is 129 Å². The lowest BCUT2D eigenvalue weighted by Gasteiger charge is -2.11. The number of hydrogen-bond donors (Lipinski definition) is 1. The van der Waals surface area contributed by atoms with Gasteiger partial charge in [0, 0.05) is 25.3 Å². The van der Waals surface area contributed by atoms with Gasteiger partial charge in [-0.05, 0) is 48.2 Å². The zero-order valence-electron chi connectivity index (χ0n) is 12.4. The number of hydrogen-bond acceptors (Lipinski definition) is 3. The lowest BCUT2D eigenvalue weighted by molar-refractivity contribution is 0.0962. The van der Waals surface area contributed by atoms with Crippen LogP contribution in [0.15, 0.2) is 35.7 Å². The van der Waals surface area contributed by atoms with Gasteiger partial charge >= 0.3 is 0 Å². The van der Waals surface area contributed by atoms with Crippen LogP contribution in [0.5, 0.6) is 0 Å². The van der Waals surface area contributed by atoms with Gasteiger partial charge in [0.15, 0.2) is 0 Å². The standard InChI is InChI=1S/C17H18N2OS/c1-13-11-16(21-12-13)17(20)18-10-4-5-14-6-8-15(9-7-14)19(2)3/h6-9,11-12H,10H2,1-3H3,(H,18,20). The Morgan fingerprint density at radius 3 is 2.57 bits per heavy atom. The second-order valence-electron chi connectivity index (χ2n) is 4.91. The summed E-state index contributed by atoms with van der Waals surface area (Å²) in [6.07, 6.45) is 0. The molecule has 1 N–H and O–H groups in total. The van der Waals surface area contributed by atoms with E-state index in [0.29, 0.717) is 6.54 Å². The number of carbonyl (C=O) groups excluding carboxylic acids is 1. The number of benzene rings is 1. The summed E-state index contributed by atoms with van der Waals surface area (Å²) in [5.41, 5.74) is 3.20. The minimum atomic E-state index is -0.0645. The Kier molecular flexibility index (Phi) is 5.02. The molecule has 0 aliphatic heterocycles. The average Bonchev–Trinajstić information content (AvgIpc) is 2.90. The molecular formula is C17H18N2OS. The SMILES string of the molecule is Cc1csc(C(=O)NCC#Cc2ccc(N(C)C)cc2)c1. The Bertz CT molecular complexity index is 675. The molecule has 0 spiro atoms. The van der Waals surface area contributed by atoms with Crippen molar-refractivity contribution in [3.8, 4) is 11.8 Å². The van der Waals surface area contributed by atoms with E-state index in [1.54, 1.807) is 0 Å². The highest BCUT2D eigenvalue weighted by atomic mass is 32.1. The van der Waals surface area contributed by atoms with Crippen molar-refractivity contribution in [2.45, 2.75) is 6.92 Å². The van der Waals surface area contributed by atoms with Crippen molar-refractivity contribution in [1.82, 2.24) is 5.32 Å².